The molecule has 0 aromatic rings. The zero-order valence-electron chi connectivity index (χ0n) is 27.8. The van der Waals surface area contributed by atoms with Crippen LogP contribution in [0.2, 0.25) is 0 Å². The van der Waals surface area contributed by atoms with Crippen LogP contribution in [0.25, 0.3) is 0 Å². The molecule has 0 fully saturated rings. The molecular weight excluding hydrogens is 604 g/mol. The van der Waals surface area contributed by atoms with Crippen LogP contribution in [0.1, 0.15) is 85.0 Å². The number of hydrogen-bond donors (Lipinski definition) is 0. The van der Waals surface area contributed by atoms with Gasteiger partial charge in [-0.1, -0.05) is 33.9 Å². The minimum atomic E-state index is -0.729. The Kier molecular flexibility index (Phi) is 26.3. The van der Waals surface area contributed by atoms with E-state index in [9.17, 15) is 24.0 Å². The van der Waals surface area contributed by atoms with Gasteiger partial charge in [0.25, 0.3) is 0 Å². The average Bonchev–Trinajstić information content (AvgIpc) is 3.02. The third kappa shape index (κ3) is 27.8. The maximum atomic E-state index is 11.8. The van der Waals surface area contributed by atoms with Gasteiger partial charge < -0.3 is 37.9 Å². The Balaban J connectivity index is 3.60. The van der Waals surface area contributed by atoms with Gasteiger partial charge in [0.15, 0.2) is 0 Å². The van der Waals surface area contributed by atoms with Crippen LogP contribution >= 0.6 is 0 Å². The summed E-state index contributed by atoms with van der Waals surface area (Å²) >= 11 is 0. The second-order valence-electron chi connectivity index (χ2n) is 11.0. The Morgan fingerprint density at radius 2 is 0.652 bits per heavy atom. The molecule has 0 rings (SSSR count). The van der Waals surface area contributed by atoms with Crippen molar-refractivity contribution in [2.24, 2.45) is 17.8 Å². The van der Waals surface area contributed by atoms with Crippen LogP contribution in [-0.4, -0.2) is 83.3 Å². The van der Waals surface area contributed by atoms with Crippen LogP contribution in [-0.2, 0) is 47.5 Å². The summed E-state index contributed by atoms with van der Waals surface area (Å²) in [6, 6.07) is 0. The predicted octanol–water partition coefficient (Wildman–Crippen LogP) is 6.71. The molecule has 0 heterocycles. The zero-order valence-corrected chi connectivity index (χ0v) is 27.8. The van der Waals surface area contributed by atoms with Crippen molar-refractivity contribution in [1.82, 2.24) is 0 Å². The van der Waals surface area contributed by atoms with E-state index < -0.39 is 30.4 Å². The number of esters is 2. The maximum Gasteiger partial charge on any atom is 0.508 e. The molecule has 13 nitrogen and oxygen atoms in total. The van der Waals surface area contributed by atoms with Crippen molar-refractivity contribution in [2.75, 3.05) is 52.9 Å². The number of unbranched alkanes of at least 4 members (excludes halogenated alkanes) is 3. The molecule has 264 valence electrons. The van der Waals surface area contributed by atoms with Gasteiger partial charge in [-0.3, -0.25) is 0 Å². The smallest absolute Gasteiger partial charge is 0.463 e. The summed E-state index contributed by atoms with van der Waals surface area (Å²) < 4.78 is 40.3. The lowest BCUT2D eigenvalue weighted by atomic mass is 10.1. The minimum absolute atomic E-state index is 0.155. The molecule has 0 aliphatic rings. The summed E-state index contributed by atoms with van der Waals surface area (Å²) in [7, 11) is 0. The van der Waals surface area contributed by atoms with E-state index >= 15 is 0 Å². The van der Waals surface area contributed by atoms with Gasteiger partial charge in [0, 0.05) is 12.2 Å². The van der Waals surface area contributed by atoms with E-state index in [-0.39, 0.29) is 64.0 Å². The summed E-state index contributed by atoms with van der Waals surface area (Å²) in [6.07, 6.45) is 6.77. The molecule has 0 spiro atoms. The third-order valence-corrected chi connectivity index (χ3v) is 6.84. The van der Waals surface area contributed by atoms with Gasteiger partial charge in [0.2, 0.25) is 0 Å². The van der Waals surface area contributed by atoms with Crippen LogP contribution in [0, 0.1) is 17.8 Å². The normalized spacial score (nSPS) is 12.4. The Morgan fingerprint density at radius 3 is 0.913 bits per heavy atom. The highest BCUT2D eigenvalue weighted by Gasteiger charge is 2.11. The summed E-state index contributed by atoms with van der Waals surface area (Å²) in [5.41, 5.74) is 0. The second kappa shape index (κ2) is 28.7. The topological polar surface area (TPSA) is 159 Å². The quantitative estimate of drug-likeness (QED) is 0.0397. The standard InChI is InChI=1S/C33H54O13/c1-6-29(34)39-20-12-26(3)14-22-43-31(36)41-18-10-8-9-11-19-42-32(37)44-23-16-28(5)17-25-46-33(38)45-24-15-27(4)13-21-40-30(35)7-2/h6-7,26-28H,1-2,8-25H2,3-5H3. The van der Waals surface area contributed by atoms with E-state index in [4.69, 9.17) is 37.9 Å². The second-order valence-corrected chi connectivity index (χ2v) is 11.0. The zero-order chi connectivity index (χ0) is 34.4. The van der Waals surface area contributed by atoms with Crippen molar-refractivity contribution in [3.05, 3.63) is 25.3 Å². The number of rotatable bonds is 27. The highest BCUT2D eigenvalue weighted by molar-refractivity contribution is 5.81. The molecule has 0 aliphatic heterocycles. The molecule has 0 saturated carbocycles. The lowest BCUT2D eigenvalue weighted by Gasteiger charge is -2.13. The van der Waals surface area contributed by atoms with Crippen LogP contribution < -0.4 is 0 Å². The maximum absolute atomic E-state index is 11.8. The molecule has 0 amide bonds. The molecule has 0 aliphatic carbocycles. The van der Waals surface area contributed by atoms with E-state index in [1.807, 2.05) is 20.8 Å². The van der Waals surface area contributed by atoms with Crippen LogP contribution in [0.4, 0.5) is 14.4 Å². The van der Waals surface area contributed by atoms with E-state index in [1.54, 1.807) is 0 Å². The largest absolute Gasteiger partial charge is 0.508 e. The van der Waals surface area contributed by atoms with Crippen LogP contribution in [0.3, 0.4) is 0 Å². The third-order valence-electron chi connectivity index (χ3n) is 6.84. The molecule has 0 aromatic carbocycles. The molecule has 3 atom stereocenters. The highest BCUT2D eigenvalue weighted by atomic mass is 16.7. The summed E-state index contributed by atoms with van der Waals surface area (Å²) in [6.45, 7) is 14.5. The number of ether oxygens (including phenoxy) is 8. The van der Waals surface area contributed by atoms with Crippen molar-refractivity contribution >= 4 is 30.4 Å². The average molecular weight is 659 g/mol. The van der Waals surface area contributed by atoms with E-state index in [1.165, 1.54) is 0 Å². The molecule has 13 heteroatoms. The first kappa shape index (κ1) is 42.2. The first-order chi connectivity index (χ1) is 22.1. The molecule has 0 aromatic heterocycles. The van der Waals surface area contributed by atoms with Gasteiger partial charge in [-0.25, -0.2) is 24.0 Å². The molecule has 0 saturated heterocycles. The Bertz CT molecular complexity index is 889. The molecule has 3 unspecified atom stereocenters. The molecular formula is C33H54O13. The van der Waals surface area contributed by atoms with Gasteiger partial charge in [-0.15, -0.1) is 0 Å². The first-order valence-corrected chi connectivity index (χ1v) is 16.0. The van der Waals surface area contributed by atoms with Crippen molar-refractivity contribution in [3.63, 3.8) is 0 Å². The minimum Gasteiger partial charge on any atom is -0.463 e. The lowest BCUT2D eigenvalue weighted by Crippen LogP contribution is -2.15. The molecule has 0 N–H and O–H groups in total. The Labute approximate surface area is 273 Å². The monoisotopic (exact) mass is 658 g/mol. The van der Waals surface area contributed by atoms with Gasteiger partial charge in [0.05, 0.1) is 52.9 Å². The van der Waals surface area contributed by atoms with Crippen LogP contribution in [0.5, 0.6) is 0 Å². The van der Waals surface area contributed by atoms with Crippen molar-refractivity contribution in [2.45, 2.75) is 85.0 Å². The van der Waals surface area contributed by atoms with E-state index in [0.29, 0.717) is 58.0 Å². The number of carbonyl (C=O) groups excluding carboxylic acids is 5. The first-order valence-electron chi connectivity index (χ1n) is 16.0. The highest BCUT2D eigenvalue weighted by Crippen LogP contribution is 2.11. The fourth-order valence-corrected chi connectivity index (χ4v) is 3.64. The van der Waals surface area contributed by atoms with Crippen molar-refractivity contribution in [3.8, 4) is 0 Å². The van der Waals surface area contributed by atoms with Gasteiger partial charge in [-0.2, -0.15) is 0 Å². The van der Waals surface area contributed by atoms with Gasteiger partial charge >= 0.3 is 30.4 Å². The summed E-state index contributed by atoms with van der Waals surface area (Å²) in [5, 5.41) is 0. The Hall–Kier alpha value is -3.77. The number of carbonyl (C=O) groups is 5. The summed E-state index contributed by atoms with van der Waals surface area (Å²) in [5.74, 6) is -0.323. The Morgan fingerprint density at radius 1 is 0.413 bits per heavy atom. The summed E-state index contributed by atoms with van der Waals surface area (Å²) in [4.78, 5) is 57.1. The fraction of sp³-hybridized carbons (Fsp3) is 0.727. The van der Waals surface area contributed by atoms with E-state index in [2.05, 4.69) is 13.2 Å². The number of hydrogen-bond acceptors (Lipinski definition) is 13. The SMILES string of the molecule is C=CC(=O)OCCC(C)CCOC(=O)OCCCCCCOC(=O)OCCC(C)CCOC(=O)OCCC(C)CCOC(=O)C=C. The fourth-order valence-electron chi connectivity index (χ4n) is 3.64. The predicted molar refractivity (Wildman–Crippen MR) is 168 cm³/mol. The van der Waals surface area contributed by atoms with Crippen molar-refractivity contribution in [1.29, 1.82) is 0 Å². The van der Waals surface area contributed by atoms with Crippen molar-refractivity contribution < 1.29 is 61.9 Å². The molecule has 0 radical (unpaired) electrons. The van der Waals surface area contributed by atoms with Gasteiger partial charge in [0.1, 0.15) is 0 Å². The molecule has 46 heavy (non-hydrogen) atoms. The van der Waals surface area contributed by atoms with E-state index in [0.717, 1.165) is 25.0 Å². The lowest BCUT2D eigenvalue weighted by molar-refractivity contribution is -0.139. The van der Waals surface area contributed by atoms with Gasteiger partial charge in [-0.05, 0) is 82.0 Å². The van der Waals surface area contributed by atoms with Crippen LogP contribution in [0.15, 0.2) is 25.3 Å². The molecule has 0 bridgehead atoms.